The average Bonchev–Trinajstić information content (AvgIpc) is 2.13. The SMILES string of the molecule is CCC[Si](OCC)(OCC)N([Si](C)(C)C)[Si](C)(C)C. The van der Waals surface area contributed by atoms with E-state index in [1.165, 1.54) is 0 Å². The zero-order chi connectivity index (χ0) is 15.3. The maximum absolute atomic E-state index is 6.34. The van der Waals surface area contributed by atoms with Crippen molar-refractivity contribution in [1.29, 1.82) is 0 Å². The number of rotatable bonds is 9. The molecule has 3 nitrogen and oxygen atoms in total. The van der Waals surface area contributed by atoms with E-state index in [9.17, 15) is 0 Å². The summed E-state index contributed by atoms with van der Waals surface area (Å²) in [4.78, 5) is 0. The van der Waals surface area contributed by atoms with Crippen molar-refractivity contribution in [3.63, 3.8) is 0 Å². The van der Waals surface area contributed by atoms with Gasteiger partial charge in [0.05, 0.1) is 0 Å². The highest BCUT2D eigenvalue weighted by Gasteiger charge is 2.53. The van der Waals surface area contributed by atoms with Gasteiger partial charge in [-0.15, -0.1) is 0 Å². The Balaban J connectivity index is 5.70. The highest BCUT2D eigenvalue weighted by atomic mass is 28.5. The third-order valence-corrected chi connectivity index (χ3v) is 19.1. The van der Waals surface area contributed by atoms with Gasteiger partial charge < -0.3 is 12.7 Å². The summed E-state index contributed by atoms with van der Waals surface area (Å²) in [6.45, 7) is 22.6. The third kappa shape index (κ3) is 5.43. The fraction of sp³-hybridized carbons (Fsp3) is 1.00. The molecule has 0 fully saturated rings. The van der Waals surface area contributed by atoms with Gasteiger partial charge in [0.15, 0.2) is 0 Å². The van der Waals surface area contributed by atoms with E-state index in [2.05, 4.69) is 63.9 Å². The van der Waals surface area contributed by atoms with Crippen LogP contribution in [0.5, 0.6) is 0 Å². The molecule has 0 unspecified atom stereocenters. The minimum absolute atomic E-state index is 0.762. The fourth-order valence-electron chi connectivity index (χ4n) is 3.22. The van der Waals surface area contributed by atoms with Gasteiger partial charge in [-0.1, -0.05) is 52.6 Å². The average molecular weight is 322 g/mol. The van der Waals surface area contributed by atoms with Crippen LogP contribution < -0.4 is 0 Å². The second-order valence-corrected chi connectivity index (χ2v) is 20.9. The Bertz CT molecular complexity index is 231. The number of hydrogen-bond acceptors (Lipinski definition) is 3. The molecule has 0 N–H and O–H groups in total. The van der Waals surface area contributed by atoms with Crippen molar-refractivity contribution < 1.29 is 8.85 Å². The first-order chi connectivity index (χ1) is 8.55. The van der Waals surface area contributed by atoms with E-state index in [0.717, 1.165) is 25.7 Å². The van der Waals surface area contributed by atoms with Gasteiger partial charge in [0.25, 0.3) is 0 Å². The normalized spacial score (nSPS) is 14.2. The van der Waals surface area contributed by atoms with Gasteiger partial charge >= 0.3 is 8.72 Å². The van der Waals surface area contributed by atoms with Crippen molar-refractivity contribution in [2.45, 2.75) is 72.5 Å². The Kier molecular flexibility index (Phi) is 7.72. The molecule has 0 aromatic heterocycles. The summed E-state index contributed by atoms with van der Waals surface area (Å²) in [5.41, 5.74) is 0. The first-order valence-corrected chi connectivity index (χ1v) is 16.5. The topological polar surface area (TPSA) is 21.7 Å². The van der Waals surface area contributed by atoms with Crippen LogP contribution in [-0.4, -0.2) is 42.3 Å². The minimum Gasteiger partial charge on any atom is -0.384 e. The van der Waals surface area contributed by atoms with Crippen molar-refractivity contribution >= 4 is 25.2 Å². The van der Waals surface area contributed by atoms with Crippen LogP contribution >= 0.6 is 0 Å². The molecule has 0 bridgehead atoms. The van der Waals surface area contributed by atoms with Crippen molar-refractivity contribution in [2.24, 2.45) is 0 Å². The van der Waals surface area contributed by atoms with Crippen LogP contribution in [-0.2, 0) is 8.85 Å². The summed E-state index contributed by atoms with van der Waals surface area (Å²) >= 11 is 0. The molecule has 0 heterocycles. The van der Waals surface area contributed by atoms with Crippen LogP contribution in [0.15, 0.2) is 0 Å². The zero-order valence-electron chi connectivity index (χ0n) is 14.6. The zero-order valence-corrected chi connectivity index (χ0v) is 17.6. The van der Waals surface area contributed by atoms with Crippen molar-refractivity contribution in [2.75, 3.05) is 13.2 Å². The van der Waals surface area contributed by atoms with Crippen LogP contribution in [0.2, 0.25) is 45.3 Å². The highest BCUT2D eigenvalue weighted by molar-refractivity contribution is 7.01. The minimum atomic E-state index is -2.24. The van der Waals surface area contributed by atoms with E-state index in [4.69, 9.17) is 8.85 Å². The summed E-state index contributed by atoms with van der Waals surface area (Å²) in [7, 11) is -5.16. The van der Waals surface area contributed by atoms with Crippen molar-refractivity contribution in [3.05, 3.63) is 0 Å². The second kappa shape index (κ2) is 7.51. The van der Waals surface area contributed by atoms with Gasteiger partial charge in [-0.2, -0.15) is 0 Å². The lowest BCUT2D eigenvalue weighted by Crippen LogP contribution is -2.74. The Labute approximate surface area is 124 Å². The molecule has 0 spiro atoms. The predicted octanol–water partition coefficient (Wildman–Crippen LogP) is 4.38. The van der Waals surface area contributed by atoms with Crippen LogP contribution in [0.25, 0.3) is 0 Å². The number of nitrogens with zero attached hydrogens (tertiary/aromatic N) is 1. The quantitative estimate of drug-likeness (QED) is 0.588. The molecule has 0 saturated heterocycles. The lowest BCUT2D eigenvalue weighted by molar-refractivity contribution is 0.159. The fourth-order valence-corrected chi connectivity index (χ4v) is 23.3. The van der Waals surface area contributed by atoms with Gasteiger partial charge in [-0.25, -0.2) is 0 Å². The van der Waals surface area contributed by atoms with E-state index in [1.807, 2.05) is 0 Å². The maximum Gasteiger partial charge on any atom is 0.414 e. The molecule has 0 atom stereocenters. The van der Waals surface area contributed by atoms with Gasteiger partial charge in [-0.05, 0) is 13.8 Å². The molecule has 19 heavy (non-hydrogen) atoms. The predicted molar refractivity (Wildman–Crippen MR) is 92.6 cm³/mol. The van der Waals surface area contributed by atoms with E-state index < -0.39 is 25.2 Å². The first-order valence-electron chi connectivity index (χ1n) is 7.63. The standard InChI is InChI=1S/C13H35NO2Si3/c1-10-13-19(15-11-2,16-12-3)14(17(4,5)6)18(7,8)9/h10-13H2,1-9H3. The Morgan fingerprint density at radius 1 is 0.737 bits per heavy atom. The molecule has 0 aliphatic carbocycles. The molecule has 0 aromatic carbocycles. The van der Waals surface area contributed by atoms with Crippen LogP contribution in [0.3, 0.4) is 0 Å². The Hall–Kier alpha value is 0.531. The second-order valence-electron chi connectivity index (χ2n) is 7.01. The van der Waals surface area contributed by atoms with Crippen LogP contribution in [0.4, 0.5) is 0 Å². The monoisotopic (exact) mass is 321 g/mol. The third-order valence-electron chi connectivity index (χ3n) is 2.99. The lowest BCUT2D eigenvalue weighted by Gasteiger charge is -2.52. The van der Waals surface area contributed by atoms with Gasteiger partial charge in [0.1, 0.15) is 16.5 Å². The molecule has 0 radical (unpaired) electrons. The van der Waals surface area contributed by atoms with E-state index >= 15 is 0 Å². The Morgan fingerprint density at radius 2 is 1.11 bits per heavy atom. The summed E-state index contributed by atoms with van der Waals surface area (Å²) in [5.74, 6) is 0. The van der Waals surface area contributed by atoms with E-state index in [-0.39, 0.29) is 0 Å². The van der Waals surface area contributed by atoms with Gasteiger partial charge in [-0.3, -0.25) is 0 Å². The molecular weight excluding hydrogens is 286 g/mol. The van der Waals surface area contributed by atoms with Gasteiger partial charge in [0.2, 0.25) is 0 Å². The Morgan fingerprint density at radius 3 is 1.32 bits per heavy atom. The molecule has 0 aliphatic heterocycles. The van der Waals surface area contributed by atoms with E-state index in [0.29, 0.717) is 0 Å². The maximum atomic E-state index is 6.34. The molecule has 0 aromatic rings. The van der Waals surface area contributed by atoms with Crippen molar-refractivity contribution in [3.8, 4) is 0 Å². The molecular formula is C13H35NO2Si3. The van der Waals surface area contributed by atoms with Gasteiger partial charge in [0, 0.05) is 19.3 Å². The molecule has 0 rings (SSSR count). The number of hydrogen-bond donors (Lipinski definition) is 0. The highest BCUT2D eigenvalue weighted by Crippen LogP contribution is 2.32. The summed E-state index contributed by atoms with van der Waals surface area (Å²) in [6.07, 6.45) is 1.14. The molecule has 0 amide bonds. The van der Waals surface area contributed by atoms with E-state index in [1.54, 1.807) is 0 Å². The van der Waals surface area contributed by atoms with Crippen LogP contribution in [0, 0.1) is 0 Å². The summed E-state index contributed by atoms with van der Waals surface area (Å²) in [6, 6.07) is 1.09. The smallest absolute Gasteiger partial charge is 0.384 e. The lowest BCUT2D eigenvalue weighted by atomic mass is 10.6. The molecule has 116 valence electrons. The van der Waals surface area contributed by atoms with Crippen LogP contribution in [0.1, 0.15) is 27.2 Å². The molecule has 0 aliphatic rings. The summed E-state index contributed by atoms with van der Waals surface area (Å²) < 4.78 is 15.5. The molecule has 0 saturated carbocycles. The first kappa shape index (κ1) is 19.5. The molecule has 6 heteroatoms. The van der Waals surface area contributed by atoms with Crippen molar-refractivity contribution in [1.82, 2.24) is 3.90 Å². The summed E-state index contributed by atoms with van der Waals surface area (Å²) in [5, 5.41) is 0. The largest absolute Gasteiger partial charge is 0.414 e.